The molecule has 5 nitrogen and oxygen atoms in total. The van der Waals surface area contributed by atoms with Crippen molar-refractivity contribution in [3.63, 3.8) is 0 Å². The fourth-order valence-electron chi connectivity index (χ4n) is 3.03. The predicted octanol–water partition coefficient (Wildman–Crippen LogP) is 3.84. The maximum absolute atomic E-state index is 14.0. The van der Waals surface area contributed by atoms with E-state index in [0.717, 1.165) is 15.5 Å². The Morgan fingerprint density at radius 1 is 0.929 bits per heavy atom. The molecular formula is C22H16FN3O2. The largest absolute Gasteiger partial charge is 0.324 e. The van der Waals surface area contributed by atoms with E-state index in [9.17, 15) is 14.0 Å². The molecule has 0 aliphatic heterocycles. The van der Waals surface area contributed by atoms with Crippen molar-refractivity contribution in [2.24, 2.45) is 0 Å². The standard InChI is InChI=1S/C22H16FN3O2/c23-18-10-4-3-9-17(18)20-12-13-22(28)26(25-20)14-21(27)24-19-11-5-7-15-6-1-2-8-16(15)19/h1-13H,14H2,(H,24,27). The van der Waals surface area contributed by atoms with E-state index in [4.69, 9.17) is 0 Å². The van der Waals surface area contributed by atoms with Crippen LogP contribution in [0, 0.1) is 5.82 Å². The molecule has 1 heterocycles. The lowest BCUT2D eigenvalue weighted by Crippen LogP contribution is -2.29. The van der Waals surface area contributed by atoms with Gasteiger partial charge in [-0.2, -0.15) is 5.10 Å². The summed E-state index contributed by atoms with van der Waals surface area (Å²) in [6, 6.07) is 22.1. The van der Waals surface area contributed by atoms with Crippen molar-refractivity contribution in [1.29, 1.82) is 0 Å². The number of nitrogens with one attached hydrogen (secondary N) is 1. The number of fused-ring (bicyclic) bond motifs is 1. The Balaban J connectivity index is 1.60. The van der Waals surface area contributed by atoms with Crippen molar-refractivity contribution in [3.8, 4) is 11.3 Å². The lowest BCUT2D eigenvalue weighted by Gasteiger charge is -2.10. The van der Waals surface area contributed by atoms with Crippen molar-refractivity contribution < 1.29 is 9.18 Å². The summed E-state index contributed by atoms with van der Waals surface area (Å²) in [6.07, 6.45) is 0. The highest BCUT2D eigenvalue weighted by Gasteiger charge is 2.11. The van der Waals surface area contributed by atoms with Gasteiger partial charge >= 0.3 is 0 Å². The average Bonchev–Trinajstić information content (AvgIpc) is 2.70. The van der Waals surface area contributed by atoms with Gasteiger partial charge in [0.15, 0.2) is 0 Å². The Hall–Kier alpha value is -3.80. The van der Waals surface area contributed by atoms with Crippen molar-refractivity contribution >= 4 is 22.4 Å². The summed E-state index contributed by atoms with van der Waals surface area (Å²) in [5.74, 6) is -0.836. The molecule has 1 amide bonds. The van der Waals surface area contributed by atoms with Crippen LogP contribution in [0.1, 0.15) is 0 Å². The molecule has 4 aromatic rings. The SMILES string of the molecule is O=C(Cn1nc(-c2ccccc2F)ccc1=O)Nc1cccc2ccccc12. The number of nitrogens with zero attached hydrogens (tertiary/aromatic N) is 2. The molecule has 0 unspecified atom stereocenters. The summed E-state index contributed by atoms with van der Waals surface area (Å²) in [7, 11) is 0. The van der Waals surface area contributed by atoms with Crippen molar-refractivity contribution in [2.75, 3.05) is 5.32 Å². The molecule has 28 heavy (non-hydrogen) atoms. The topological polar surface area (TPSA) is 64.0 Å². The minimum absolute atomic E-state index is 0.269. The zero-order chi connectivity index (χ0) is 19.5. The van der Waals surface area contributed by atoms with E-state index >= 15 is 0 Å². The lowest BCUT2D eigenvalue weighted by molar-refractivity contribution is -0.117. The van der Waals surface area contributed by atoms with E-state index in [1.165, 1.54) is 18.2 Å². The van der Waals surface area contributed by atoms with Crippen LogP contribution in [0.2, 0.25) is 0 Å². The molecule has 0 saturated carbocycles. The van der Waals surface area contributed by atoms with Gasteiger partial charge in [-0.1, -0.05) is 48.5 Å². The number of aromatic nitrogens is 2. The normalized spacial score (nSPS) is 10.8. The number of amides is 1. The number of carbonyl (C=O) groups excluding carboxylic acids is 1. The van der Waals surface area contributed by atoms with Gasteiger partial charge in [0.05, 0.1) is 5.69 Å². The van der Waals surface area contributed by atoms with E-state index in [-0.39, 0.29) is 17.8 Å². The number of hydrogen-bond donors (Lipinski definition) is 1. The maximum Gasteiger partial charge on any atom is 0.267 e. The van der Waals surface area contributed by atoms with Crippen LogP contribution < -0.4 is 10.9 Å². The van der Waals surface area contributed by atoms with Crippen LogP contribution in [-0.2, 0) is 11.3 Å². The molecule has 6 heteroatoms. The van der Waals surface area contributed by atoms with Crippen molar-refractivity contribution in [1.82, 2.24) is 9.78 Å². The van der Waals surface area contributed by atoms with Gasteiger partial charge in [0.25, 0.3) is 5.56 Å². The molecule has 0 aliphatic carbocycles. The Bertz CT molecular complexity index is 1230. The third kappa shape index (κ3) is 3.53. The second kappa shape index (κ2) is 7.44. The van der Waals surface area contributed by atoms with Crippen LogP contribution >= 0.6 is 0 Å². The van der Waals surface area contributed by atoms with E-state index in [2.05, 4.69) is 10.4 Å². The minimum Gasteiger partial charge on any atom is -0.324 e. The fraction of sp³-hybridized carbons (Fsp3) is 0.0455. The molecular weight excluding hydrogens is 357 g/mol. The minimum atomic E-state index is -0.444. The van der Waals surface area contributed by atoms with Gasteiger partial charge < -0.3 is 5.32 Å². The molecule has 1 N–H and O–H groups in total. The first-order valence-corrected chi connectivity index (χ1v) is 8.72. The van der Waals surface area contributed by atoms with Gasteiger partial charge in [0.1, 0.15) is 12.4 Å². The summed E-state index contributed by atoms with van der Waals surface area (Å²) >= 11 is 0. The van der Waals surface area contributed by atoms with E-state index < -0.39 is 17.3 Å². The molecule has 1 aromatic heterocycles. The zero-order valence-corrected chi connectivity index (χ0v) is 14.8. The van der Waals surface area contributed by atoms with Gasteiger partial charge in [-0.25, -0.2) is 9.07 Å². The van der Waals surface area contributed by atoms with Gasteiger partial charge in [-0.3, -0.25) is 9.59 Å². The quantitative estimate of drug-likeness (QED) is 0.591. The van der Waals surface area contributed by atoms with Crippen molar-refractivity contribution in [2.45, 2.75) is 6.54 Å². The van der Waals surface area contributed by atoms with Crippen LogP contribution in [0.15, 0.2) is 83.7 Å². The predicted molar refractivity (Wildman–Crippen MR) is 106 cm³/mol. The third-order valence-electron chi connectivity index (χ3n) is 4.37. The first-order valence-electron chi connectivity index (χ1n) is 8.72. The third-order valence-corrected chi connectivity index (χ3v) is 4.37. The van der Waals surface area contributed by atoms with Crippen LogP contribution in [0.4, 0.5) is 10.1 Å². The molecule has 0 radical (unpaired) electrons. The van der Waals surface area contributed by atoms with Gasteiger partial charge in [-0.15, -0.1) is 0 Å². The molecule has 0 fully saturated rings. The molecule has 3 aromatic carbocycles. The highest BCUT2D eigenvalue weighted by molar-refractivity contribution is 6.01. The number of halogens is 1. The summed E-state index contributed by atoms with van der Waals surface area (Å²) in [5.41, 5.74) is 0.774. The second-order valence-electron chi connectivity index (χ2n) is 6.27. The highest BCUT2D eigenvalue weighted by atomic mass is 19.1. The van der Waals surface area contributed by atoms with Gasteiger partial charge in [0, 0.05) is 22.7 Å². The van der Waals surface area contributed by atoms with Gasteiger partial charge in [-0.05, 0) is 29.7 Å². The number of rotatable bonds is 4. The van der Waals surface area contributed by atoms with Crippen LogP contribution in [0.5, 0.6) is 0 Å². The zero-order valence-electron chi connectivity index (χ0n) is 14.8. The Labute approximate surface area is 160 Å². The number of carbonyl (C=O) groups is 1. The number of benzene rings is 3. The number of hydrogen-bond acceptors (Lipinski definition) is 3. The molecule has 4 rings (SSSR count). The van der Waals surface area contributed by atoms with E-state index in [0.29, 0.717) is 5.69 Å². The van der Waals surface area contributed by atoms with E-state index in [1.54, 1.807) is 24.3 Å². The first-order chi connectivity index (χ1) is 13.6. The molecule has 138 valence electrons. The molecule has 0 spiro atoms. The molecule has 0 atom stereocenters. The van der Waals surface area contributed by atoms with Crippen LogP contribution in [0.3, 0.4) is 0 Å². The maximum atomic E-state index is 14.0. The lowest BCUT2D eigenvalue weighted by atomic mass is 10.1. The smallest absolute Gasteiger partial charge is 0.267 e. The Morgan fingerprint density at radius 3 is 2.54 bits per heavy atom. The Kier molecular flexibility index (Phi) is 4.68. The molecule has 0 saturated heterocycles. The summed E-state index contributed by atoms with van der Waals surface area (Å²) in [6.45, 7) is -0.273. The van der Waals surface area contributed by atoms with Crippen LogP contribution in [0.25, 0.3) is 22.0 Å². The average molecular weight is 373 g/mol. The number of anilines is 1. The fourth-order valence-corrected chi connectivity index (χ4v) is 3.03. The second-order valence-corrected chi connectivity index (χ2v) is 6.27. The first kappa shape index (κ1) is 17.6. The highest BCUT2D eigenvalue weighted by Crippen LogP contribution is 2.23. The summed E-state index contributed by atoms with van der Waals surface area (Å²) in [4.78, 5) is 24.6. The van der Waals surface area contributed by atoms with Crippen LogP contribution in [-0.4, -0.2) is 15.7 Å². The Morgan fingerprint density at radius 2 is 1.68 bits per heavy atom. The summed E-state index contributed by atoms with van der Waals surface area (Å²) < 4.78 is 15.0. The van der Waals surface area contributed by atoms with Crippen molar-refractivity contribution in [3.05, 3.63) is 95.0 Å². The molecule has 0 bridgehead atoms. The van der Waals surface area contributed by atoms with Gasteiger partial charge in [0.2, 0.25) is 5.91 Å². The monoisotopic (exact) mass is 373 g/mol. The summed E-state index contributed by atoms with van der Waals surface area (Å²) in [5, 5.41) is 8.87. The molecule has 0 aliphatic rings. The van der Waals surface area contributed by atoms with E-state index in [1.807, 2.05) is 36.4 Å².